The molecular formula is C20H19NO2. The Hall–Kier alpha value is -2.68. The topological polar surface area (TPSA) is 42.6 Å². The second-order valence-electron chi connectivity index (χ2n) is 6.57. The number of hydrogen-bond donors (Lipinski definition) is 0. The predicted octanol–water partition coefficient (Wildman–Crippen LogP) is 4.84. The van der Waals surface area contributed by atoms with Crippen molar-refractivity contribution in [2.75, 3.05) is 0 Å². The van der Waals surface area contributed by atoms with Gasteiger partial charge >= 0.3 is 0 Å². The maximum Gasteiger partial charge on any atom is 0.201 e. The van der Waals surface area contributed by atoms with Gasteiger partial charge in [0, 0.05) is 6.21 Å². The SMILES string of the molecule is CC(C)(C)c1ccc(N=Cc2coc3ccccc3c2=O)cc1. The van der Waals surface area contributed by atoms with E-state index in [0.717, 1.165) is 5.69 Å². The Morgan fingerprint density at radius 2 is 1.70 bits per heavy atom. The molecule has 0 saturated carbocycles. The molecule has 0 aliphatic carbocycles. The summed E-state index contributed by atoms with van der Waals surface area (Å²) in [6.07, 6.45) is 3.02. The highest BCUT2D eigenvalue weighted by molar-refractivity contribution is 5.87. The van der Waals surface area contributed by atoms with E-state index in [9.17, 15) is 4.79 Å². The van der Waals surface area contributed by atoms with Crippen LogP contribution in [0.15, 0.2) is 69.0 Å². The monoisotopic (exact) mass is 305 g/mol. The van der Waals surface area contributed by atoms with Gasteiger partial charge in [-0.2, -0.15) is 0 Å². The molecule has 0 amide bonds. The van der Waals surface area contributed by atoms with Crippen molar-refractivity contribution in [3.63, 3.8) is 0 Å². The number of rotatable bonds is 2. The highest BCUT2D eigenvalue weighted by Gasteiger charge is 2.12. The molecule has 3 rings (SSSR count). The van der Waals surface area contributed by atoms with Gasteiger partial charge in [-0.05, 0) is 35.2 Å². The lowest BCUT2D eigenvalue weighted by molar-refractivity contribution is 0.590. The minimum absolute atomic E-state index is 0.0677. The first-order valence-electron chi connectivity index (χ1n) is 7.60. The van der Waals surface area contributed by atoms with Crippen LogP contribution in [0.2, 0.25) is 0 Å². The largest absolute Gasteiger partial charge is 0.463 e. The molecular weight excluding hydrogens is 286 g/mol. The van der Waals surface area contributed by atoms with Crippen molar-refractivity contribution < 1.29 is 4.42 Å². The quantitative estimate of drug-likeness (QED) is 0.636. The van der Waals surface area contributed by atoms with E-state index in [1.807, 2.05) is 24.3 Å². The Kier molecular flexibility index (Phi) is 3.87. The standard InChI is InChI=1S/C20H19NO2/c1-20(2,3)15-8-10-16(11-9-15)21-12-14-13-23-18-7-5-4-6-17(18)19(14)22/h4-13H,1-3H3. The molecule has 0 aliphatic heterocycles. The fourth-order valence-corrected chi connectivity index (χ4v) is 2.37. The highest BCUT2D eigenvalue weighted by atomic mass is 16.3. The molecule has 0 aliphatic rings. The minimum Gasteiger partial charge on any atom is -0.463 e. The van der Waals surface area contributed by atoms with Crippen LogP contribution in [0.4, 0.5) is 5.69 Å². The lowest BCUT2D eigenvalue weighted by Crippen LogP contribution is -2.10. The van der Waals surface area contributed by atoms with Crippen LogP contribution in [0.25, 0.3) is 11.0 Å². The van der Waals surface area contributed by atoms with Gasteiger partial charge in [0.15, 0.2) is 0 Å². The smallest absolute Gasteiger partial charge is 0.201 e. The van der Waals surface area contributed by atoms with Crippen molar-refractivity contribution in [2.45, 2.75) is 26.2 Å². The van der Waals surface area contributed by atoms with Gasteiger partial charge < -0.3 is 4.42 Å². The van der Waals surface area contributed by atoms with Gasteiger partial charge in [-0.1, -0.05) is 45.0 Å². The summed E-state index contributed by atoms with van der Waals surface area (Å²) in [7, 11) is 0. The molecule has 3 aromatic rings. The maximum atomic E-state index is 12.4. The third-order valence-electron chi connectivity index (χ3n) is 3.79. The van der Waals surface area contributed by atoms with Crippen molar-refractivity contribution in [1.29, 1.82) is 0 Å². The Morgan fingerprint density at radius 1 is 1.00 bits per heavy atom. The summed E-state index contributed by atoms with van der Waals surface area (Å²) in [5.41, 5.74) is 3.14. The van der Waals surface area contributed by atoms with Gasteiger partial charge in [-0.25, -0.2) is 0 Å². The van der Waals surface area contributed by atoms with Gasteiger partial charge in [0.25, 0.3) is 0 Å². The molecule has 2 aromatic carbocycles. The maximum absolute atomic E-state index is 12.4. The van der Waals surface area contributed by atoms with E-state index >= 15 is 0 Å². The van der Waals surface area contributed by atoms with E-state index in [-0.39, 0.29) is 10.8 Å². The molecule has 23 heavy (non-hydrogen) atoms. The Balaban J connectivity index is 1.91. The van der Waals surface area contributed by atoms with Gasteiger partial charge in [0.2, 0.25) is 5.43 Å². The first-order chi connectivity index (χ1) is 10.9. The number of nitrogens with zero attached hydrogens (tertiary/aromatic N) is 1. The molecule has 1 aromatic heterocycles. The molecule has 3 heteroatoms. The molecule has 0 saturated heterocycles. The van der Waals surface area contributed by atoms with Crippen LogP contribution in [0.1, 0.15) is 31.9 Å². The third-order valence-corrected chi connectivity index (χ3v) is 3.79. The summed E-state index contributed by atoms with van der Waals surface area (Å²) < 4.78 is 5.48. The van der Waals surface area contributed by atoms with Crippen molar-refractivity contribution >= 4 is 22.9 Å². The molecule has 0 radical (unpaired) electrons. The number of benzene rings is 2. The average molecular weight is 305 g/mol. The zero-order valence-corrected chi connectivity index (χ0v) is 13.5. The fraction of sp³-hybridized carbons (Fsp3) is 0.200. The first kappa shape index (κ1) is 15.2. The molecule has 0 spiro atoms. The van der Waals surface area contributed by atoms with Gasteiger partial charge in [-0.15, -0.1) is 0 Å². The van der Waals surface area contributed by atoms with Crippen LogP contribution >= 0.6 is 0 Å². The first-order valence-corrected chi connectivity index (χ1v) is 7.60. The average Bonchev–Trinajstić information content (AvgIpc) is 2.54. The minimum atomic E-state index is -0.0677. The second kappa shape index (κ2) is 5.84. The number of hydrogen-bond acceptors (Lipinski definition) is 3. The number of para-hydroxylation sites is 1. The van der Waals surface area contributed by atoms with Gasteiger partial charge in [0.05, 0.1) is 16.6 Å². The van der Waals surface area contributed by atoms with Crippen LogP contribution in [0.5, 0.6) is 0 Å². The Bertz CT molecular complexity index is 913. The van der Waals surface area contributed by atoms with Crippen LogP contribution < -0.4 is 5.43 Å². The lowest BCUT2D eigenvalue weighted by Gasteiger charge is -2.18. The molecule has 116 valence electrons. The van der Waals surface area contributed by atoms with E-state index in [2.05, 4.69) is 37.9 Å². The zero-order chi connectivity index (χ0) is 16.4. The Morgan fingerprint density at radius 3 is 2.39 bits per heavy atom. The normalized spacial score (nSPS) is 12.1. The van der Waals surface area contributed by atoms with Crippen molar-refractivity contribution in [3.8, 4) is 0 Å². The third kappa shape index (κ3) is 3.24. The van der Waals surface area contributed by atoms with Crippen molar-refractivity contribution in [2.24, 2.45) is 4.99 Å². The van der Waals surface area contributed by atoms with E-state index in [0.29, 0.717) is 16.5 Å². The van der Waals surface area contributed by atoms with Crippen LogP contribution in [0.3, 0.4) is 0 Å². The van der Waals surface area contributed by atoms with Crippen molar-refractivity contribution in [3.05, 3.63) is 76.1 Å². The van der Waals surface area contributed by atoms with Gasteiger partial charge in [0.1, 0.15) is 11.8 Å². The molecule has 0 atom stereocenters. The van der Waals surface area contributed by atoms with Crippen LogP contribution in [0, 0.1) is 0 Å². The summed E-state index contributed by atoms with van der Waals surface area (Å²) in [5.74, 6) is 0. The fourth-order valence-electron chi connectivity index (χ4n) is 2.37. The van der Waals surface area contributed by atoms with E-state index in [4.69, 9.17) is 4.42 Å². The predicted molar refractivity (Wildman–Crippen MR) is 94.9 cm³/mol. The summed E-state index contributed by atoms with van der Waals surface area (Å²) in [5, 5.41) is 0.569. The summed E-state index contributed by atoms with van der Waals surface area (Å²) in [4.78, 5) is 16.8. The zero-order valence-electron chi connectivity index (χ0n) is 13.5. The molecule has 3 nitrogen and oxygen atoms in total. The lowest BCUT2D eigenvalue weighted by atomic mass is 9.87. The molecule has 0 N–H and O–H groups in total. The van der Waals surface area contributed by atoms with E-state index < -0.39 is 0 Å². The number of fused-ring (bicyclic) bond motifs is 1. The summed E-state index contributed by atoms with van der Waals surface area (Å²) in [6, 6.07) is 15.3. The highest BCUT2D eigenvalue weighted by Crippen LogP contribution is 2.24. The molecule has 1 heterocycles. The summed E-state index contributed by atoms with van der Waals surface area (Å²) >= 11 is 0. The Labute approximate surface area is 135 Å². The van der Waals surface area contributed by atoms with E-state index in [1.165, 1.54) is 11.8 Å². The van der Waals surface area contributed by atoms with Crippen molar-refractivity contribution in [1.82, 2.24) is 0 Å². The molecule has 0 fully saturated rings. The van der Waals surface area contributed by atoms with E-state index in [1.54, 1.807) is 18.3 Å². The second-order valence-corrected chi connectivity index (χ2v) is 6.57. The molecule has 0 unspecified atom stereocenters. The number of aliphatic imine (C=N–C) groups is 1. The van der Waals surface area contributed by atoms with Crippen LogP contribution in [-0.2, 0) is 5.41 Å². The van der Waals surface area contributed by atoms with Crippen LogP contribution in [-0.4, -0.2) is 6.21 Å². The summed E-state index contributed by atoms with van der Waals surface area (Å²) in [6.45, 7) is 6.52. The molecule has 0 bridgehead atoms. The van der Waals surface area contributed by atoms with Gasteiger partial charge in [-0.3, -0.25) is 9.79 Å².